The summed E-state index contributed by atoms with van der Waals surface area (Å²) in [7, 11) is -3.48. The van der Waals surface area contributed by atoms with Crippen molar-refractivity contribution in [2.24, 2.45) is 0 Å². The van der Waals surface area contributed by atoms with Crippen molar-refractivity contribution in [1.82, 2.24) is 4.57 Å². The van der Waals surface area contributed by atoms with Crippen LogP contribution in [-0.2, 0) is 10.0 Å². The molecule has 0 aliphatic carbocycles. The van der Waals surface area contributed by atoms with Gasteiger partial charge >= 0.3 is 0 Å². The largest absolute Gasteiger partial charge is 0.344 e. The van der Waals surface area contributed by atoms with Crippen LogP contribution in [0.15, 0.2) is 36.5 Å². The molecule has 3 aromatic rings. The Balaban J connectivity index is 2.22. The molecule has 0 atom stereocenters. The van der Waals surface area contributed by atoms with Gasteiger partial charge in [-0.15, -0.1) is 0 Å². The van der Waals surface area contributed by atoms with Crippen molar-refractivity contribution in [3.05, 3.63) is 53.7 Å². The number of sulfonamides is 1. The number of hydrogen-bond acceptors (Lipinski definition) is 2. The lowest BCUT2D eigenvalue weighted by Crippen LogP contribution is -2.09. The normalized spacial score (nSPS) is 12.3. The Morgan fingerprint density at radius 2 is 1.64 bits per heavy atom. The third-order valence-electron chi connectivity index (χ3n) is 4.30. The summed E-state index contributed by atoms with van der Waals surface area (Å²) in [5.41, 5.74) is 0.293. The number of alkyl halides is 2. The zero-order valence-electron chi connectivity index (χ0n) is 15.3. The molecule has 0 amide bonds. The van der Waals surface area contributed by atoms with E-state index < -0.39 is 33.6 Å². The van der Waals surface area contributed by atoms with Crippen LogP contribution < -0.4 is 4.72 Å². The van der Waals surface area contributed by atoms with E-state index in [0.29, 0.717) is 22.2 Å². The number of halogens is 4. The van der Waals surface area contributed by atoms with E-state index in [0.717, 1.165) is 18.4 Å². The topological polar surface area (TPSA) is 51.1 Å². The highest BCUT2D eigenvalue weighted by Gasteiger charge is 2.22. The number of fused-ring (bicyclic) bond motifs is 1. The first kappa shape index (κ1) is 20.2. The van der Waals surface area contributed by atoms with E-state index in [1.165, 1.54) is 6.07 Å². The Morgan fingerprint density at radius 1 is 1.04 bits per heavy atom. The van der Waals surface area contributed by atoms with Crippen molar-refractivity contribution in [3.8, 4) is 11.1 Å². The molecule has 0 unspecified atom stereocenters. The predicted octanol–water partition coefficient (Wildman–Crippen LogP) is 5.48. The molecule has 0 aliphatic heterocycles. The van der Waals surface area contributed by atoms with Gasteiger partial charge in [0.15, 0.2) is 0 Å². The van der Waals surface area contributed by atoms with E-state index in [2.05, 4.69) is 4.72 Å². The molecule has 0 bridgehead atoms. The van der Waals surface area contributed by atoms with Gasteiger partial charge in [0, 0.05) is 23.2 Å². The molecule has 1 N–H and O–H groups in total. The maximum absolute atomic E-state index is 14.1. The van der Waals surface area contributed by atoms with Gasteiger partial charge in [-0.05, 0) is 43.7 Å². The molecule has 2 aromatic carbocycles. The number of rotatable bonds is 5. The molecule has 4 nitrogen and oxygen atoms in total. The van der Waals surface area contributed by atoms with Crippen molar-refractivity contribution >= 4 is 26.6 Å². The number of nitrogens with zero attached hydrogens (tertiary/aromatic N) is 1. The van der Waals surface area contributed by atoms with Crippen LogP contribution in [-0.4, -0.2) is 19.2 Å². The third kappa shape index (κ3) is 3.84. The van der Waals surface area contributed by atoms with Gasteiger partial charge in [0.1, 0.15) is 11.6 Å². The summed E-state index contributed by atoms with van der Waals surface area (Å²) in [4.78, 5) is 0. The fourth-order valence-corrected chi connectivity index (χ4v) is 3.69. The van der Waals surface area contributed by atoms with Gasteiger partial charge in [0.05, 0.1) is 23.0 Å². The van der Waals surface area contributed by atoms with E-state index in [4.69, 9.17) is 0 Å². The maximum Gasteiger partial charge on any atom is 0.269 e. The van der Waals surface area contributed by atoms with Gasteiger partial charge in [-0.1, -0.05) is 6.07 Å². The minimum absolute atomic E-state index is 0.0419. The molecule has 28 heavy (non-hydrogen) atoms. The lowest BCUT2D eigenvalue weighted by molar-refractivity contribution is 0.141. The van der Waals surface area contributed by atoms with Gasteiger partial charge in [-0.2, -0.15) is 0 Å². The summed E-state index contributed by atoms with van der Waals surface area (Å²) in [5, 5.41) is 0.608. The minimum atomic E-state index is -3.48. The lowest BCUT2D eigenvalue weighted by atomic mass is 10.0. The molecular weight excluding hydrogens is 396 g/mol. The molecule has 0 fully saturated rings. The van der Waals surface area contributed by atoms with E-state index in [1.54, 1.807) is 18.3 Å². The van der Waals surface area contributed by atoms with Crippen molar-refractivity contribution in [1.29, 1.82) is 0 Å². The van der Waals surface area contributed by atoms with Gasteiger partial charge in [0.25, 0.3) is 6.43 Å². The van der Waals surface area contributed by atoms with Crippen LogP contribution in [0.3, 0.4) is 0 Å². The standard InChI is InChI=1S/C19H18F4N2O2S/c1-10(2)25-9-14(11-6-15(20)18(19(22)23)16(21)7-11)13-5-4-12(8-17(13)25)24-28(3,26)27/h4-10,19,24H,1-3H3. The molecule has 0 saturated heterocycles. The summed E-state index contributed by atoms with van der Waals surface area (Å²) in [6.45, 7) is 3.78. The summed E-state index contributed by atoms with van der Waals surface area (Å²) < 4.78 is 80.9. The first-order valence-electron chi connectivity index (χ1n) is 8.37. The summed E-state index contributed by atoms with van der Waals surface area (Å²) >= 11 is 0. The number of benzene rings is 2. The number of anilines is 1. The molecule has 1 aromatic heterocycles. The van der Waals surface area contributed by atoms with Crippen LogP contribution in [0.1, 0.15) is 31.9 Å². The summed E-state index contributed by atoms with van der Waals surface area (Å²) in [6, 6.07) is 6.48. The van der Waals surface area contributed by atoms with Gasteiger partial charge < -0.3 is 4.57 Å². The SMILES string of the molecule is CC(C)n1cc(-c2cc(F)c(C(F)F)c(F)c2)c2ccc(NS(C)(=O)=O)cc21. The van der Waals surface area contributed by atoms with Crippen molar-refractivity contribution in [2.75, 3.05) is 11.0 Å². The highest BCUT2D eigenvalue weighted by molar-refractivity contribution is 7.92. The van der Waals surface area contributed by atoms with Crippen molar-refractivity contribution < 1.29 is 26.0 Å². The average molecular weight is 414 g/mol. The number of nitrogens with one attached hydrogen (secondary N) is 1. The predicted molar refractivity (Wildman–Crippen MR) is 101 cm³/mol. The Bertz CT molecular complexity index is 1130. The van der Waals surface area contributed by atoms with Crippen LogP contribution in [0, 0.1) is 11.6 Å². The Morgan fingerprint density at radius 3 is 2.14 bits per heavy atom. The van der Waals surface area contributed by atoms with Crippen molar-refractivity contribution in [3.63, 3.8) is 0 Å². The monoisotopic (exact) mass is 414 g/mol. The van der Waals surface area contributed by atoms with E-state index in [9.17, 15) is 26.0 Å². The lowest BCUT2D eigenvalue weighted by Gasteiger charge is -2.10. The Labute approximate surface area is 159 Å². The van der Waals surface area contributed by atoms with E-state index in [1.807, 2.05) is 18.4 Å². The Kier molecular flexibility index (Phi) is 5.14. The number of aromatic nitrogens is 1. The van der Waals surface area contributed by atoms with Gasteiger partial charge in [0.2, 0.25) is 10.0 Å². The zero-order valence-corrected chi connectivity index (χ0v) is 16.1. The van der Waals surface area contributed by atoms with Crippen LogP contribution in [0.2, 0.25) is 0 Å². The smallest absolute Gasteiger partial charge is 0.269 e. The van der Waals surface area contributed by atoms with Crippen LogP contribution >= 0.6 is 0 Å². The molecule has 1 heterocycles. The van der Waals surface area contributed by atoms with E-state index >= 15 is 0 Å². The maximum atomic E-state index is 14.1. The fraction of sp³-hybridized carbons (Fsp3) is 0.263. The zero-order chi connectivity index (χ0) is 20.8. The second-order valence-corrected chi connectivity index (χ2v) is 8.55. The highest BCUT2D eigenvalue weighted by atomic mass is 32.2. The molecule has 0 spiro atoms. The second-order valence-electron chi connectivity index (χ2n) is 6.80. The van der Waals surface area contributed by atoms with Crippen LogP contribution in [0.25, 0.3) is 22.0 Å². The molecule has 0 radical (unpaired) electrons. The second kappa shape index (κ2) is 7.12. The fourth-order valence-electron chi connectivity index (χ4n) is 3.13. The molecule has 150 valence electrons. The molecule has 9 heteroatoms. The van der Waals surface area contributed by atoms with Crippen molar-refractivity contribution in [2.45, 2.75) is 26.3 Å². The third-order valence-corrected chi connectivity index (χ3v) is 4.91. The molecule has 0 saturated carbocycles. The average Bonchev–Trinajstić information content (AvgIpc) is 2.91. The van der Waals surface area contributed by atoms with Gasteiger partial charge in [-0.3, -0.25) is 4.72 Å². The Hall–Kier alpha value is -2.55. The molecule has 0 aliphatic rings. The molecule has 3 rings (SSSR count). The first-order valence-corrected chi connectivity index (χ1v) is 10.3. The highest BCUT2D eigenvalue weighted by Crippen LogP contribution is 2.37. The minimum Gasteiger partial charge on any atom is -0.344 e. The van der Waals surface area contributed by atoms with Crippen LogP contribution in [0.5, 0.6) is 0 Å². The van der Waals surface area contributed by atoms with Crippen LogP contribution in [0.4, 0.5) is 23.2 Å². The summed E-state index contributed by atoms with van der Waals surface area (Å²) in [6.07, 6.45) is -0.563. The summed E-state index contributed by atoms with van der Waals surface area (Å²) in [5.74, 6) is -2.63. The first-order chi connectivity index (χ1) is 13.0. The van der Waals surface area contributed by atoms with E-state index in [-0.39, 0.29) is 11.6 Å². The molecular formula is C19H18F4N2O2S. The quantitative estimate of drug-likeness (QED) is 0.563. The van der Waals surface area contributed by atoms with Gasteiger partial charge in [-0.25, -0.2) is 26.0 Å². The number of hydrogen-bond donors (Lipinski definition) is 1.